The first-order chi connectivity index (χ1) is 7.50. The van der Waals surface area contributed by atoms with E-state index in [1.165, 1.54) is 5.01 Å². The zero-order valence-electron chi connectivity index (χ0n) is 9.20. The molecule has 1 aliphatic heterocycles. The summed E-state index contributed by atoms with van der Waals surface area (Å²) in [5.74, 6) is 6.18. The third kappa shape index (κ3) is 4.01. The van der Waals surface area contributed by atoms with Crippen LogP contribution in [0.15, 0.2) is 12.3 Å². The minimum Gasteiger partial charge on any atom is -0.321 e. The number of nitrogens with two attached hydrogens (primary N) is 2. The number of hydrogen-bond acceptors (Lipinski definition) is 5. The van der Waals surface area contributed by atoms with Crippen molar-refractivity contribution in [2.45, 2.75) is 12.5 Å². The summed E-state index contributed by atoms with van der Waals surface area (Å²) >= 11 is 0. The van der Waals surface area contributed by atoms with Crippen molar-refractivity contribution in [1.29, 1.82) is 0 Å². The number of rotatable bonds is 6. The number of nitrogens with zero attached hydrogens (tertiary/aromatic N) is 2. The van der Waals surface area contributed by atoms with E-state index in [0.29, 0.717) is 12.5 Å². The van der Waals surface area contributed by atoms with Crippen molar-refractivity contribution in [2.24, 2.45) is 17.5 Å². The van der Waals surface area contributed by atoms with Crippen LogP contribution in [0, 0.1) is 5.92 Å². The van der Waals surface area contributed by atoms with E-state index < -0.39 is 17.1 Å². The quantitative estimate of drug-likeness (QED) is 0.334. The molecule has 1 fully saturated rings. The van der Waals surface area contributed by atoms with Gasteiger partial charge in [0.25, 0.3) is 0 Å². The molecule has 7 heteroatoms. The molecule has 1 rings (SSSR count). The van der Waals surface area contributed by atoms with Crippen LogP contribution in [0.3, 0.4) is 0 Å². The van der Waals surface area contributed by atoms with Crippen molar-refractivity contribution in [3.05, 3.63) is 12.3 Å². The van der Waals surface area contributed by atoms with E-state index in [1.807, 2.05) is 0 Å². The maximum absolute atomic E-state index is 12.1. The Morgan fingerprint density at radius 2 is 2.25 bits per heavy atom. The lowest BCUT2D eigenvalue weighted by Gasteiger charge is -2.24. The average molecular weight is 235 g/mol. The Hall–Kier alpha value is -0.760. The summed E-state index contributed by atoms with van der Waals surface area (Å²) in [5, 5.41) is 3.64. The van der Waals surface area contributed by atoms with Crippen molar-refractivity contribution >= 4 is 0 Å². The number of hydrazine groups is 1. The monoisotopic (exact) mass is 235 g/mol. The highest BCUT2D eigenvalue weighted by molar-refractivity contribution is 4.99. The van der Waals surface area contributed by atoms with Gasteiger partial charge in [-0.2, -0.15) is 0 Å². The van der Waals surface area contributed by atoms with E-state index in [2.05, 4.69) is 11.9 Å². The summed E-state index contributed by atoms with van der Waals surface area (Å²) in [5.41, 5.74) is 5.12. The van der Waals surface area contributed by atoms with Gasteiger partial charge in [-0.15, -0.1) is 0 Å². The Morgan fingerprint density at radius 3 is 2.75 bits per heavy atom. The molecule has 0 spiro atoms. The van der Waals surface area contributed by atoms with Gasteiger partial charge >= 0.3 is 0 Å². The number of halogens is 2. The van der Waals surface area contributed by atoms with Crippen LogP contribution in [0.25, 0.3) is 0 Å². The lowest BCUT2D eigenvalue weighted by atomic mass is 10.1. The Morgan fingerprint density at radius 1 is 1.56 bits per heavy atom. The summed E-state index contributed by atoms with van der Waals surface area (Å²) in [6.07, 6.45) is 1.06. The highest BCUT2D eigenvalue weighted by Crippen LogP contribution is 2.10. The lowest BCUT2D eigenvalue weighted by Crippen LogP contribution is -2.46. The molecule has 16 heavy (non-hydrogen) atoms. The van der Waals surface area contributed by atoms with Gasteiger partial charge in [0.2, 0.25) is 0 Å². The molecule has 0 saturated carbocycles. The fourth-order valence-electron chi connectivity index (χ4n) is 1.76. The molecule has 0 aliphatic carbocycles. The van der Waals surface area contributed by atoms with Crippen LogP contribution in [0.5, 0.6) is 0 Å². The highest BCUT2D eigenvalue weighted by Gasteiger charge is 2.20. The second-order valence-corrected chi connectivity index (χ2v) is 4.14. The SMILES string of the molecule is C=C(C(N)CN(N)CC1CCNC1)N(F)F. The van der Waals surface area contributed by atoms with Gasteiger partial charge in [0.1, 0.15) is 0 Å². The Bertz CT molecular complexity index is 230. The fraction of sp³-hybridized carbons (Fsp3) is 0.778. The van der Waals surface area contributed by atoms with Gasteiger partial charge in [0, 0.05) is 13.1 Å². The van der Waals surface area contributed by atoms with Crippen LogP contribution in [-0.4, -0.2) is 42.6 Å². The Balaban J connectivity index is 2.27. The van der Waals surface area contributed by atoms with E-state index in [1.54, 1.807) is 0 Å². The van der Waals surface area contributed by atoms with E-state index in [9.17, 15) is 8.96 Å². The van der Waals surface area contributed by atoms with Crippen molar-refractivity contribution in [3.8, 4) is 0 Å². The van der Waals surface area contributed by atoms with Gasteiger partial charge in [-0.1, -0.05) is 15.5 Å². The summed E-state index contributed by atoms with van der Waals surface area (Å²) in [7, 11) is 0. The molecule has 0 aromatic rings. The molecule has 94 valence electrons. The molecule has 5 N–H and O–H groups in total. The molecule has 0 aromatic carbocycles. The zero-order valence-corrected chi connectivity index (χ0v) is 9.20. The van der Waals surface area contributed by atoms with Gasteiger partial charge in [-0.3, -0.25) is 5.84 Å². The summed E-state index contributed by atoms with van der Waals surface area (Å²) in [6.45, 7) is 5.94. The summed E-state index contributed by atoms with van der Waals surface area (Å²) in [6, 6.07) is -0.839. The molecule has 2 atom stereocenters. The topological polar surface area (TPSA) is 70.5 Å². The van der Waals surface area contributed by atoms with Crippen molar-refractivity contribution in [3.63, 3.8) is 0 Å². The van der Waals surface area contributed by atoms with Crippen molar-refractivity contribution in [1.82, 2.24) is 15.7 Å². The standard InChI is InChI=1S/C9H19F2N5/c1-7(16(10)11)9(12)6-15(13)5-8-2-3-14-4-8/h8-9,14H,1-6,12-13H2. The molecule has 2 unspecified atom stereocenters. The first-order valence-electron chi connectivity index (χ1n) is 5.27. The van der Waals surface area contributed by atoms with Crippen LogP contribution in [-0.2, 0) is 0 Å². The van der Waals surface area contributed by atoms with Crippen LogP contribution < -0.4 is 16.9 Å². The second kappa shape index (κ2) is 6.09. The normalized spacial score (nSPS) is 22.4. The number of hydrogen-bond donors (Lipinski definition) is 3. The van der Waals surface area contributed by atoms with Crippen molar-refractivity contribution in [2.75, 3.05) is 26.2 Å². The van der Waals surface area contributed by atoms with Gasteiger partial charge in [-0.25, -0.2) is 5.01 Å². The van der Waals surface area contributed by atoms with Gasteiger partial charge < -0.3 is 11.1 Å². The molecular formula is C9H19F2N5. The minimum absolute atomic E-state index is 0.180. The average Bonchev–Trinajstić information content (AvgIpc) is 2.68. The largest absolute Gasteiger partial charge is 0.321 e. The van der Waals surface area contributed by atoms with Crippen LogP contribution in [0.4, 0.5) is 8.96 Å². The molecule has 0 amide bonds. The first-order valence-corrected chi connectivity index (χ1v) is 5.27. The molecule has 0 radical (unpaired) electrons. The van der Waals surface area contributed by atoms with Gasteiger partial charge in [-0.05, 0) is 30.8 Å². The van der Waals surface area contributed by atoms with E-state index >= 15 is 0 Å². The lowest BCUT2D eigenvalue weighted by molar-refractivity contribution is -0.121. The molecule has 1 saturated heterocycles. The second-order valence-electron chi connectivity index (χ2n) is 4.14. The molecule has 1 aliphatic rings. The van der Waals surface area contributed by atoms with Crippen LogP contribution in [0.1, 0.15) is 6.42 Å². The molecule has 5 nitrogen and oxygen atoms in total. The number of nitrogens with one attached hydrogen (secondary N) is 1. The molecular weight excluding hydrogens is 216 g/mol. The summed E-state index contributed by atoms with van der Waals surface area (Å²) in [4.78, 5) is 0. The Kier molecular flexibility index (Phi) is 5.07. The predicted octanol–water partition coefficient (Wildman–Crippen LogP) is -0.316. The van der Waals surface area contributed by atoms with Crippen LogP contribution in [0.2, 0.25) is 0 Å². The van der Waals surface area contributed by atoms with E-state index in [-0.39, 0.29) is 6.54 Å². The minimum atomic E-state index is -1.06. The first kappa shape index (κ1) is 13.3. The predicted molar refractivity (Wildman–Crippen MR) is 57.9 cm³/mol. The highest BCUT2D eigenvalue weighted by atomic mass is 19.4. The molecule has 1 heterocycles. The van der Waals surface area contributed by atoms with E-state index in [4.69, 9.17) is 11.6 Å². The van der Waals surface area contributed by atoms with E-state index in [0.717, 1.165) is 19.5 Å². The van der Waals surface area contributed by atoms with Crippen LogP contribution >= 0.6 is 0 Å². The van der Waals surface area contributed by atoms with Gasteiger partial charge in [0.15, 0.2) is 0 Å². The zero-order chi connectivity index (χ0) is 12.1. The van der Waals surface area contributed by atoms with Gasteiger partial charge in [0.05, 0.1) is 11.7 Å². The summed E-state index contributed by atoms with van der Waals surface area (Å²) < 4.78 is 24.2. The third-order valence-electron chi connectivity index (χ3n) is 2.73. The van der Waals surface area contributed by atoms with Crippen molar-refractivity contribution < 1.29 is 8.96 Å². The smallest absolute Gasteiger partial charge is 0.0934 e. The molecule has 0 aromatic heterocycles. The molecule has 0 bridgehead atoms. The third-order valence-corrected chi connectivity index (χ3v) is 2.73. The fourth-order valence-corrected chi connectivity index (χ4v) is 1.76. The maximum Gasteiger partial charge on any atom is 0.0934 e. The Labute approximate surface area is 93.9 Å². The maximum atomic E-state index is 12.1.